The van der Waals surface area contributed by atoms with Crippen LogP contribution >= 0.6 is 0 Å². The first-order chi connectivity index (χ1) is 13.0. The highest BCUT2D eigenvalue weighted by molar-refractivity contribution is 6.49. The summed E-state index contributed by atoms with van der Waals surface area (Å²) in [5, 5.41) is 2.35. The third-order valence-electron chi connectivity index (χ3n) is 4.24. The molecule has 140 valence electrons. The molecular weight excluding hydrogens is 350 g/mol. The van der Waals surface area contributed by atoms with Gasteiger partial charge in [0.1, 0.15) is 5.75 Å². The normalized spacial score (nSPS) is 13.5. The molecule has 0 unspecified atom stereocenters. The summed E-state index contributed by atoms with van der Waals surface area (Å²) in [4.78, 5) is 25.0. The van der Waals surface area contributed by atoms with Crippen LogP contribution < -0.4 is 24.3 Å². The van der Waals surface area contributed by atoms with Crippen LogP contribution in [-0.4, -0.2) is 40.3 Å². The SMILES string of the molecule is COc1cccc(C2=C(c3cc(OC)c(OC)c(OC)c3)C(=O)NC2=O)c1. The van der Waals surface area contributed by atoms with Crippen molar-refractivity contribution in [1.29, 1.82) is 0 Å². The maximum absolute atomic E-state index is 12.5. The molecule has 0 aromatic heterocycles. The average Bonchev–Trinajstić information content (AvgIpc) is 3.00. The summed E-state index contributed by atoms with van der Waals surface area (Å²) >= 11 is 0. The molecule has 2 aromatic rings. The van der Waals surface area contributed by atoms with E-state index in [1.54, 1.807) is 36.4 Å². The summed E-state index contributed by atoms with van der Waals surface area (Å²) in [6, 6.07) is 10.2. The molecule has 1 aliphatic heterocycles. The zero-order valence-corrected chi connectivity index (χ0v) is 15.4. The molecule has 0 fully saturated rings. The van der Waals surface area contributed by atoms with Gasteiger partial charge in [0.15, 0.2) is 11.5 Å². The van der Waals surface area contributed by atoms with Gasteiger partial charge in [0.2, 0.25) is 5.75 Å². The van der Waals surface area contributed by atoms with Gasteiger partial charge in [-0.25, -0.2) is 0 Å². The van der Waals surface area contributed by atoms with E-state index >= 15 is 0 Å². The fourth-order valence-corrected chi connectivity index (χ4v) is 3.01. The van der Waals surface area contributed by atoms with E-state index in [-0.39, 0.29) is 11.1 Å². The number of ether oxygens (including phenoxy) is 4. The molecule has 1 heterocycles. The molecule has 7 heteroatoms. The van der Waals surface area contributed by atoms with E-state index in [4.69, 9.17) is 18.9 Å². The standard InChI is InChI=1S/C20H19NO6/c1-24-13-7-5-6-11(8-13)16-17(20(23)21-19(16)22)12-9-14(25-2)18(27-4)15(10-12)26-3/h5-10H,1-4H3,(H,21,22,23). The highest BCUT2D eigenvalue weighted by atomic mass is 16.5. The van der Waals surface area contributed by atoms with E-state index in [0.717, 1.165) is 0 Å². The molecule has 0 atom stereocenters. The van der Waals surface area contributed by atoms with E-state index in [1.165, 1.54) is 28.4 Å². The quantitative estimate of drug-likeness (QED) is 0.787. The molecule has 2 aromatic carbocycles. The van der Waals surface area contributed by atoms with E-state index in [2.05, 4.69) is 5.32 Å². The Balaban J connectivity index is 2.26. The zero-order valence-electron chi connectivity index (χ0n) is 15.4. The van der Waals surface area contributed by atoms with Crippen molar-refractivity contribution in [2.45, 2.75) is 0 Å². The Morgan fingerprint density at radius 2 is 1.30 bits per heavy atom. The minimum absolute atomic E-state index is 0.229. The molecule has 27 heavy (non-hydrogen) atoms. The van der Waals surface area contributed by atoms with Crippen molar-refractivity contribution in [2.24, 2.45) is 0 Å². The second-order valence-corrected chi connectivity index (χ2v) is 5.68. The Bertz CT molecular complexity index is 922. The topological polar surface area (TPSA) is 83.1 Å². The van der Waals surface area contributed by atoms with Crippen LogP contribution in [0.1, 0.15) is 11.1 Å². The average molecular weight is 369 g/mol. The van der Waals surface area contributed by atoms with Crippen molar-refractivity contribution >= 4 is 23.0 Å². The summed E-state index contributed by atoms with van der Waals surface area (Å²) in [7, 11) is 6.00. The molecule has 1 aliphatic rings. The summed E-state index contributed by atoms with van der Waals surface area (Å²) in [6.45, 7) is 0. The van der Waals surface area contributed by atoms with Gasteiger partial charge in [0.25, 0.3) is 11.8 Å². The van der Waals surface area contributed by atoms with Crippen molar-refractivity contribution < 1.29 is 28.5 Å². The van der Waals surface area contributed by atoms with Crippen LogP contribution in [0.25, 0.3) is 11.1 Å². The van der Waals surface area contributed by atoms with Crippen molar-refractivity contribution in [2.75, 3.05) is 28.4 Å². The van der Waals surface area contributed by atoms with Crippen molar-refractivity contribution in [1.82, 2.24) is 5.32 Å². The third-order valence-corrected chi connectivity index (χ3v) is 4.24. The van der Waals surface area contributed by atoms with Crippen LogP contribution in [0.15, 0.2) is 36.4 Å². The Labute approximate surface area is 156 Å². The van der Waals surface area contributed by atoms with E-state index in [0.29, 0.717) is 34.1 Å². The van der Waals surface area contributed by atoms with Gasteiger partial charge in [-0.05, 0) is 35.4 Å². The second-order valence-electron chi connectivity index (χ2n) is 5.68. The minimum atomic E-state index is -0.493. The van der Waals surface area contributed by atoms with Gasteiger partial charge in [-0.3, -0.25) is 14.9 Å². The maximum atomic E-state index is 12.5. The lowest BCUT2D eigenvalue weighted by molar-refractivity contribution is -0.122. The molecule has 0 spiro atoms. The maximum Gasteiger partial charge on any atom is 0.259 e. The summed E-state index contributed by atoms with van der Waals surface area (Å²) in [5.74, 6) is 0.783. The second kappa shape index (κ2) is 7.41. The van der Waals surface area contributed by atoms with E-state index in [1.807, 2.05) is 0 Å². The molecule has 7 nitrogen and oxygen atoms in total. The monoisotopic (exact) mass is 369 g/mol. The lowest BCUT2D eigenvalue weighted by Crippen LogP contribution is -2.22. The Kier molecular flexibility index (Phi) is 5.03. The first kappa shape index (κ1) is 18.3. The number of hydrogen-bond donors (Lipinski definition) is 1. The predicted octanol–water partition coefficient (Wildman–Crippen LogP) is 2.29. The first-order valence-corrected chi connectivity index (χ1v) is 8.08. The van der Waals surface area contributed by atoms with Gasteiger partial charge in [0.05, 0.1) is 39.6 Å². The highest BCUT2D eigenvalue weighted by Crippen LogP contribution is 2.42. The lowest BCUT2D eigenvalue weighted by atomic mass is 9.95. The number of rotatable bonds is 6. The van der Waals surface area contributed by atoms with Crippen molar-refractivity contribution in [3.63, 3.8) is 0 Å². The Morgan fingerprint density at radius 1 is 0.704 bits per heavy atom. The number of carbonyl (C=O) groups excluding carboxylic acids is 2. The molecule has 1 N–H and O–H groups in total. The molecule has 0 bridgehead atoms. The van der Waals surface area contributed by atoms with E-state index in [9.17, 15) is 9.59 Å². The molecule has 2 amide bonds. The smallest absolute Gasteiger partial charge is 0.259 e. The van der Waals surface area contributed by atoms with Gasteiger partial charge in [-0.1, -0.05) is 12.1 Å². The van der Waals surface area contributed by atoms with Crippen LogP contribution in [-0.2, 0) is 9.59 Å². The van der Waals surface area contributed by atoms with Gasteiger partial charge in [-0.15, -0.1) is 0 Å². The number of benzene rings is 2. The number of carbonyl (C=O) groups is 2. The van der Waals surface area contributed by atoms with Gasteiger partial charge < -0.3 is 18.9 Å². The van der Waals surface area contributed by atoms with Crippen LogP contribution in [0.3, 0.4) is 0 Å². The number of hydrogen-bond acceptors (Lipinski definition) is 6. The first-order valence-electron chi connectivity index (χ1n) is 8.08. The largest absolute Gasteiger partial charge is 0.497 e. The predicted molar refractivity (Wildman–Crippen MR) is 99.1 cm³/mol. The van der Waals surface area contributed by atoms with Crippen molar-refractivity contribution in [3.05, 3.63) is 47.5 Å². The fraction of sp³-hybridized carbons (Fsp3) is 0.200. The zero-order chi connectivity index (χ0) is 19.6. The number of imide groups is 1. The number of nitrogens with one attached hydrogen (secondary N) is 1. The van der Waals surface area contributed by atoms with Crippen molar-refractivity contribution in [3.8, 4) is 23.0 Å². The van der Waals surface area contributed by atoms with Gasteiger partial charge >= 0.3 is 0 Å². The third kappa shape index (κ3) is 3.19. The number of methoxy groups -OCH3 is 4. The fourth-order valence-electron chi connectivity index (χ4n) is 3.01. The molecule has 3 rings (SSSR count). The van der Waals surface area contributed by atoms with Crippen LogP contribution in [0.4, 0.5) is 0 Å². The summed E-state index contributed by atoms with van der Waals surface area (Å²) in [5.41, 5.74) is 1.54. The van der Waals surface area contributed by atoms with Crippen LogP contribution in [0, 0.1) is 0 Å². The molecule has 0 saturated heterocycles. The van der Waals surface area contributed by atoms with Crippen LogP contribution in [0.2, 0.25) is 0 Å². The summed E-state index contributed by atoms with van der Waals surface area (Å²) in [6.07, 6.45) is 0. The summed E-state index contributed by atoms with van der Waals surface area (Å²) < 4.78 is 21.2. The lowest BCUT2D eigenvalue weighted by Gasteiger charge is -2.14. The molecule has 0 saturated carbocycles. The Morgan fingerprint density at radius 3 is 1.81 bits per heavy atom. The molecule has 0 aliphatic carbocycles. The molecule has 0 radical (unpaired) electrons. The highest BCUT2D eigenvalue weighted by Gasteiger charge is 2.33. The van der Waals surface area contributed by atoms with Gasteiger partial charge in [-0.2, -0.15) is 0 Å². The minimum Gasteiger partial charge on any atom is -0.497 e. The van der Waals surface area contributed by atoms with Crippen LogP contribution in [0.5, 0.6) is 23.0 Å². The van der Waals surface area contributed by atoms with Gasteiger partial charge in [0, 0.05) is 0 Å². The van der Waals surface area contributed by atoms with E-state index < -0.39 is 11.8 Å². The molecular formula is C20H19NO6. The Hall–Kier alpha value is -3.48. The number of amides is 2.